The summed E-state index contributed by atoms with van der Waals surface area (Å²) in [5.74, 6) is 1.94. The summed E-state index contributed by atoms with van der Waals surface area (Å²) in [6, 6.07) is 16.2. The van der Waals surface area contributed by atoms with E-state index in [1.54, 1.807) is 6.07 Å². The molecule has 0 bridgehead atoms. The van der Waals surface area contributed by atoms with Crippen LogP contribution in [0.25, 0.3) is 0 Å². The lowest BCUT2D eigenvalue weighted by atomic mass is 9.78. The fraction of sp³-hybridized carbons (Fsp3) is 0.367. The average molecular weight is 459 g/mol. The van der Waals surface area contributed by atoms with Gasteiger partial charge in [0.2, 0.25) is 0 Å². The van der Waals surface area contributed by atoms with Gasteiger partial charge in [0.25, 0.3) is 0 Å². The Bertz CT molecular complexity index is 1240. The van der Waals surface area contributed by atoms with E-state index < -0.39 is 11.6 Å². The molecule has 178 valence electrons. The van der Waals surface area contributed by atoms with Gasteiger partial charge in [-0.15, -0.1) is 0 Å². The first-order chi connectivity index (χ1) is 16.0. The summed E-state index contributed by atoms with van der Waals surface area (Å²) in [4.78, 5) is 11.4. The number of hydrogen-bond acceptors (Lipinski definition) is 3. The van der Waals surface area contributed by atoms with Crippen LogP contribution in [-0.4, -0.2) is 16.7 Å². The van der Waals surface area contributed by atoms with Crippen LogP contribution in [0.15, 0.2) is 48.5 Å². The van der Waals surface area contributed by atoms with Crippen LogP contribution in [0.3, 0.4) is 0 Å². The molecule has 3 aromatic rings. The van der Waals surface area contributed by atoms with Gasteiger partial charge < -0.3 is 14.6 Å². The van der Waals surface area contributed by atoms with Gasteiger partial charge in [-0.25, -0.2) is 0 Å². The molecule has 0 spiro atoms. The normalized spacial score (nSPS) is 16.3. The lowest BCUT2D eigenvalue weighted by Gasteiger charge is -2.27. The van der Waals surface area contributed by atoms with E-state index in [2.05, 4.69) is 65.8 Å². The number of carbonyl (C=O) groups is 1. The van der Waals surface area contributed by atoms with Crippen molar-refractivity contribution in [1.82, 2.24) is 0 Å². The quantitative estimate of drug-likeness (QED) is 0.416. The second kappa shape index (κ2) is 8.83. The number of ether oxygens (including phenoxy) is 2. The first kappa shape index (κ1) is 23.9. The number of carboxylic acid groups (broad SMARTS) is 1. The number of para-hydroxylation sites is 1. The van der Waals surface area contributed by atoms with E-state index in [0.717, 1.165) is 33.8 Å². The van der Waals surface area contributed by atoms with Crippen LogP contribution < -0.4 is 9.47 Å². The highest BCUT2D eigenvalue weighted by molar-refractivity contribution is 5.71. The zero-order chi connectivity index (χ0) is 24.8. The third-order valence-electron chi connectivity index (χ3n) is 7.04. The molecule has 0 saturated carbocycles. The summed E-state index contributed by atoms with van der Waals surface area (Å²) in [6.45, 7) is 14.9. The number of hydrogen-bond donors (Lipinski definition) is 1. The Balaban J connectivity index is 1.85. The van der Waals surface area contributed by atoms with Crippen molar-refractivity contribution >= 4 is 5.97 Å². The summed E-state index contributed by atoms with van der Waals surface area (Å²) in [7, 11) is 0. The van der Waals surface area contributed by atoms with E-state index in [0.29, 0.717) is 17.2 Å². The van der Waals surface area contributed by atoms with Gasteiger partial charge in [0.1, 0.15) is 22.8 Å². The highest BCUT2D eigenvalue weighted by Crippen LogP contribution is 2.54. The molecule has 0 aliphatic carbocycles. The van der Waals surface area contributed by atoms with E-state index >= 15 is 0 Å². The smallest absolute Gasteiger partial charge is 0.307 e. The number of carboxylic acids is 1. The van der Waals surface area contributed by atoms with Gasteiger partial charge in [-0.3, -0.25) is 4.79 Å². The zero-order valence-corrected chi connectivity index (χ0v) is 21.2. The lowest BCUT2D eigenvalue weighted by Crippen LogP contribution is -2.31. The minimum absolute atomic E-state index is 0.0552. The van der Waals surface area contributed by atoms with Crippen LogP contribution >= 0.6 is 0 Å². The van der Waals surface area contributed by atoms with Crippen molar-refractivity contribution in [3.8, 4) is 17.2 Å². The minimum atomic E-state index is -0.880. The molecule has 0 radical (unpaired) electrons. The van der Waals surface area contributed by atoms with E-state index in [4.69, 9.17) is 9.47 Å². The summed E-state index contributed by atoms with van der Waals surface area (Å²) in [5, 5.41) is 9.34. The van der Waals surface area contributed by atoms with Gasteiger partial charge in [0.05, 0.1) is 12.3 Å². The molecule has 0 saturated heterocycles. The van der Waals surface area contributed by atoms with Gasteiger partial charge in [-0.1, -0.05) is 56.3 Å². The monoisotopic (exact) mass is 458 g/mol. The summed E-state index contributed by atoms with van der Waals surface area (Å²) in [5.41, 5.74) is 7.03. The van der Waals surface area contributed by atoms with Gasteiger partial charge in [-0.05, 0) is 74.4 Å². The molecule has 3 aromatic carbocycles. The number of rotatable bonds is 6. The molecule has 1 aliphatic heterocycles. The van der Waals surface area contributed by atoms with E-state index in [1.807, 2.05) is 25.1 Å². The second-order valence-corrected chi connectivity index (χ2v) is 10.2. The van der Waals surface area contributed by atoms with Crippen LogP contribution in [0.2, 0.25) is 0 Å². The molecule has 0 aromatic heterocycles. The van der Waals surface area contributed by atoms with Crippen molar-refractivity contribution in [2.75, 3.05) is 0 Å². The Morgan fingerprint density at radius 2 is 1.65 bits per heavy atom. The fourth-order valence-corrected chi connectivity index (χ4v) is 5.08. The Morgan fingerprint density at radius 3 is 2.26 bits per heavy atom. The van der Waals surface area contributed by atoms with E-state index in [-0.39, 0.29) is 12.3 Å². The fourth-order valence-electron chi connectivity index (χ4n) is 5.08. The van der Waals surface area contributed by atoms with Crippen molar-refractivity contribution < 1.29 is 19.4 Å². The molecule has 1 aliphatic rings. The highest BCUT2D eigenvalue weighted by atomic mass is 16.5. The van der Waals surface area contributed by atoms with Gasteiger partial charge >= 0.3 is 5.97 Å². The topological polar surface area (TPSA) is 55.8 Å². The van der Waals surface area contributed by atoms with Crippen LogP contribution in [0.1, 0.15) is 78.5 Å². The van der Waals surface area contributed by atoms with Gasteiger partial charge in [0.15, 0.2) is 0 Å². The summed E-state index contributed by atoms with van der Waals surface area (Å²) >= 11 is 0. The average Bonchev–Trinajstić information content (AvgIpc) is 3.07. The van der Waals surface area contributed by atoms with Gasteiger partial charge in [0, 0.05) is 11.1 Å². The SMILES string of the molecule is Cc1c(C)c2c(c(C)c1Oc1ccccc1CC(=O)O)C(c1ccc(C(C)C)cc1)C(C)(C)O2. The maximum atomic E-state index is 11.4. The Hall–Kier alpha value is -3.27. The van der Waals surface area contributed by atoms with E-state index in [1.165, 1.54) is 11.1 Å². The molecule has 1 atom stereocenters. The zero-order valence-electron chi connectivity index (χ0n) is 21.2. The molecule has 1 N–H and O–H groups in total. The third-order valence-corrected chi connectivity index (χ3v) is 7.04. The predicted octanol–water partition coefficient (Wildman–Crippen LogP) is 7.46. The highest BCUT2D eigenvalue weighted by Gasteiger charge is 2.45. The Morgan fingerprint density at radius 1 is 1.00 bits per heavy atom. The molecule has 1 heterocycles. The number of fused-ring (bicyclic) bond motifs is 1. The molecule has 0 amide bonds. The minimum Gasteiger partial charge on any atom is -0.486 e. The van der Waals surface area contributed by atoms with Crippen LogP contribution in [0, 0.1) is 20.8 Å². The Kier molecular flexibility index (Phi) is 6.20. The molecule has 0 fully saturated rings. The molecule has 1 unspecified atom stereocenters. The van der Waals surface area contributed by atoms with Crippen LogP contribution in [0.5, 0.6) is 17.2 Å². The van der Waals surface area contributed by atoms with Crippen molar-refractivity contribution in [3.63, 3.8) is 0 Å². The van der Waals surface area contributed by atoms with Crippen LogP contribution in [0.4, 0.5) is 0 Å². The molecular weight excluding hydrogens is 424 g/mol. The summed E-state index contributed by atoms with van der Waals surface area (Å²) < 4.78 is 13.0. The summed E-state index contributed by atoms with van der Waals surface area (Å²) in [6.07, 6.45) is -0.0842. The maximum absolute atomic E-state index is 11.4. The first-order valence-corrected chi connectivity index (χ1v) is 11.9. The second-order valence-electron chi connectivity index (χ2n) is 10.2. The lowest BCUT2D eigenvalue weighted by molar-refractivity contribution is -0.136. The molecule has 4 heteroatoms. The van der Waals surface area contributed by atoms with Crippen molar-refractivity contribution in [1.29, 1.82) is 0 Å². The molecular formula is C30H34O4. The standard InChI is InChI=1S/C30H34O4/c1-17(2)21-12-14-22(15-13-21)27-26-20(5)28(18(3)19(4)29(26)34-30(27,6)7)33-24-11-9-8-10-23(24)16-25(31)32/h8-15,17,27H,16H2,1-7H3,(H,31,32). The van der Waals surface area contributed by atoms with E-state index in [9.17, 15) is 9.90 Å². The first-order valence-electron chi connectivity index (χ1n) is 11.9. The van der Waals surface area contributed by atoms with Crippen LogP contribution in [-0.2, 0) is 11.2 Å². The number of benzene rings is 3. The molecule has 34 heavy (non-hydrogen) atoms. The largest absolute Gasteiger partial charge is 0.486 e. The predicted molar refractivity (Wildman–Crippen MR) is 136 cm³/mol. The number of aliphatic carboxylic acids is 1. The van der Waals surface area contributed by atoms with Crippen molar-refractivity contribution in [3.05, 3.63) is 87.5 Å². The molecule has 4 nitrogen and oxygen atoms in total. The third kappa shape index (κ3) is 4.18. The van der Waals surface area contributed by atoms with Crippen molar-refractivity contribution in [2.24, 2.45) is 0 Å². The maximum Gasteiger partial charge on any atom is 0.307 e. The van der Waals surface area contributed by atoms with Crippen molar-refractivity contribution in [2.45, 2.75) is 72.3 Å². The van der Waals surface area contributed by atoms with Gasteiger partial charge in [-0.2, -0.15) is 0 Å². The Labute approximate surface area is 202 Å². The molecule has 4 rings (SSSR count).